The SMILES string of the molecule is C/C(=N\O)c1ccc(NC(=O)CCC2CCCCC2)cc1. The predicted molar refractivity (Wildman–Crippen MR) is 84.9 cm³/mol. The van der Waals surface area contributed by atoms with Gasteiger partial charge in [-0.3, -0.25) is 4.79 Å². The molecule has 2 N–H and O–H groups in total. The first-order valence-electron chi connectivity index (χ1n) is 7.78. The van der Waals surface area contributed by atoms with Gasteiger partial charge in [-0.2, -0.15) is 0 Å². The van der Waals surface area contributed by atoms with Crippen molar-refractivity contribution in [1.29, 1.82) is 0 Å². The summed E-state index contributed by atoms with van der Waals surface area (Å²) in [6.07, 6.45) is 8.15. The Morgan fingerprint density at radius 3 is 2.52 bits per heavy atom. The number of amides is 1. The van der Waals surface area contributed by atoms with E-state index >= 15 is 0 Å². The van der Waals surface area contributed by atoms with Gasteiger partial charge >= 0.3 is 0 Å². The number of nitrogens with one attached hydrogen (secondary N) is 1. The van der Waals surface area contributed by atoms with Crippen molar-refractivity contribution in [2.45, 2.75) is 51.9 Å². The summed E-state index contributed by atoms with van der Waals surface area (Å²) >= 11 is 0. The Kier molecular flexibility index (Phi) is 5.78. The van der Waals surface area contributed by atoms with E-state index in [1.165, 1.54) is 32.1 Å². The van der Waals surface area contributed by atoms with Crippen molar-refractivity contribution in [2.24, 2.45) is 11.1 Å². The van der Waals surface area contributed by atoms with Crippen molar-refractivity contribution >= 4 is 17.3 Å². The van der Waals surface area contributed by atoms with Gasteiger partial charge in [0.15, 0.2) is 0 Å². The van der Waals surface area contributed by atoms with Crippen molar-refractivity contribution in [3.05, 3.63) is 29.8 Å². The van der Waals surface area contributed by atoms with Gasteiger partial charge in [-0.05, 0) is 37.0 Å². The topological polar surface area (TPSA) is 61.7 Å². The van der Waals surface area contributed by atoms with Gasteiger partial charge in [-0.25, -0.2) is 0 Å². The van der Waals surface area contributed by atoms with E-state index in [0.29, 0.717) is 12.1 Å². The molecule has 0 aliphatic heterocycles. The van der Waals surface area contributed by atoms with E-state index in [0.717, 1.165) is 23.6 Å². The maximum absolute atomic E-state index is 12.0. The summed E-state index contributed by atoms with van der Waals surface area (Å²) in [5, 5.41) is 14.8. The summed E-state index contributed by atoms with van der Waals surface area (Å²) in [4.78, 5) is 12.0. The van der Waals surface area contributed by atoms with Crippen LogP contribution in [0.4, 0.5) is 5.69 Å². The number of anilines is 1. The molecule has 114 valence electrons. The molecule has 0 saturated heterocycles. The smallest absolute Gasteiger partial charge is 0.224 e. The molecule has 1 aliphatic rings. The summed E-state index contributed by atoms with van der Waals surface area (Å²) in [5.41, 5.74) is 2.20. The molecule has 0 unspecified atom stereocenters. The second-order valence-corrected chi connectivity index (χ2v) is 5.85. The Bertz CT molecular complexity index is 488. The molecule has 0 aromatic heterocycles. The zero-order chi connectivity index (χ0) is 15.1. The molecule has 1 saturated carbocycles. The van der Waals surface area contributed by atoms with Crippen LogP contribution < -0.4 is 5.32 Å². The first-order chi connectivity index (χ1) is 10.2. The highest BCUT2D eigenvalue weighted by Gasteiger charge is 2.14. The van der Waals surface area contributed by atoms with Crippen molar-refractivity contribution in [3.63, 3.8) is 0 Å². The van der Waals surface area contributed by atoms with E-state index in [9.17, 15) is 4.79 Å². The lowest BCUT2D eigenvalue weighted by atomic mass is 9.86. The van der Waals surface area contributed by atoms with Crippen LogP contribution in [-0.2, 0) is 4.79 Å². The largest absolute Gasteiger partial charge is 0.411 e. The Labute approximate surface area is 126 Å². The summed E-state index contributed by atoms with van der Waals surface area (Å²) in [6.45, 7) is 1.73. The first-order valence-corrected chi connectivity index (χ1v) is 7.78. The number of hydrogen-bond donors (Lipinski definition) is 2. The lowest BCUT2D eigenvalue weighted by molar-refractivity contribution is -0.116. The summed E-state index contributed by atoms with van der Waals surface area (Å²) in [5.74, 6) is 0.816. The molecule has 2 rings (SSSR count). The average Bonchev–Trinajstić information content (AvgIpc) is 2.54. The van der Waals surface area contributed by atoms with E-state index in [-0.39, 0.29) is 5.91 Å². The van der Waals surface area contributed by atoms with Gasteiger partial charge < -0.3 is 10.5 Å². The van der Waals surface area contributed by atoms with E-state index in [1.54, 1.807) is 6.92 Å². The van der Waals surface area contributed by atoms with E-state index < -0.39 is 0 Å². The number of oxime groups is 1. The second-order valence-electron chi connectivity index (χ2n) is 5.85. The Hall–Kier alpha value is -1.84. The number of benzene rings is 1. The van der Waals surface area contributed by atoms with Crippen LogP contribution in [0.1, 0.15) is 57.4 Å². The molecule has 1 aliphatic carbocycles. The molecule has 0 bridgehead atoms. The molecular weight excluding hydrogens is 264 g/mol. The van der Waals surface area contributed by atoms with Gasteiger partial charge in [0.25, 0.3) is 0 Å². The summed E-state index contributed by atoms with van der Waals surface area (Å²) < 4.78 is 0. The molecule has 0 radical (unpaired) electrons. The van der Waals surface area contributed by atoms with Crippen molar-refractivity contribution < 1.29 is 10.0 Å². The minimum absolute atomic E-state index is 0.0841. The van der Waals surface area contributed by atoms with E-state index in [2.05, 4.69) is 10.5 Å². The lowest BCUT2D eigenvalue weighted by Crippen LogP contribution is -2.14. The Balaban J connectivity index is 1.79. The molecule has 1 aromatic carbocycles. The predicted octanol–water partition coefficient (Wildman–Crippen LogP) is 4.18. The van der Waals surface area contributed by atoms with E-state index in [1.807, 2.05) is 24.3 Å². The third kappa shape index (κ3) is 4.88. The average molecular weight is 288 g/mol. The Morgan fingerprint density at radius 1 is 1.24 bits per heavy atom. The zero-order valence-electron chi connectivity index (χ0n) is 12.6. The molecule has 21 heavy (non-hydrogen) atoms. The van der Waals surface area contributed by atoms with Crippen LogP contribution in [0.2, 0.25) is 0 Å². The second kappa shape index (κ2) is 7.81. The highest BCUT2D eigenvalue weighted by Crippen LogP contribution is 2.27. The third-order valence-corrected chi connectivity index (χ3v) is 4.24. The number of carbonyl (C=O) groups excluding carboxylic acids is 1. The van der Waals surface area contributed by atoms with Crippen LogP contribution >= 0.6 is 0 Å². The number of hydrogen-bond acceptors (Lipinski definition) is 3. The number of nitrogens with zero attached hydrogens (tertiary/aromatic N) is 1. The van der Waals surface area contributed by atoms with Crippen LogP contribution in [-0.4, -0.2) is 16.8 Å². The molecule has 4 nitrogen and oxygen atoms in total. The quantitative estimate of drug-likeness (QED) is 0.485. The fourth-order valence-electron chi connectivity index (χ4n) is 2.89. The van der Waals surface area contributed by atoms with Crippen LogP contribution in [0.15, 0.2) is 29.4 Å². The van der Waals surface area contributed by atoms with Crippen LogP contribution in [0.5, 0.6) is 0 Å². The molecule has 0 atom stereocenters. The van der Waals surface area contributed by atoms with Crippen LogP contribution in [0, 0.1) is 5.92 Å². The van der Waals surface area contributed by atoms with Gasteiger partial charge in [0.1, 0.15) is 0 Å². The standard InChI is InChI=1S/C17H24N2O2/c1-13(19-21)15-8-10-16(11-9-15)18-17(20)12-7-14-5-3-2-4-6-14/h8-11,14,21H,2-7,12H2,1H3,(H,18,20)/b19-13+. The minimum atomic E-state index is 0.0841. The minimum Gasteiger partial charge on any atom is -0.411 e. The fourth-order valence-corrected chi connectivity index (χ4v) is 2.89. The normalized spacial score (nSPS) is 16.7. The fraction of sp³-hybridized carbons (Fsp3) is 0.529. The number of carbonyl (C=O) groups is 1. The van der Waals surface area contributed by atoms with E-state index in [4.69, 9.17) is 5.21 Å². The maximum atomic E-state index is 12.0. The van der Waals surface area contributed by atoms with Crippen LogP contribution in [0.3, 0.4) is 0 Å². The van der Waals surface area contributed by atoms with Crippen LogP contribution in [0.25, 0.3) is 0 Å². The van der Waals surface area contributed by atoms with Gasteiger partial charge in [-0.1, -0.05) is 49.4 Å². The molecule has 4 heteroatoms. The molecule has 0 spiro atoms. The Morgan fingerprint density at radius 2 is 1.90 bits per heavy atom. The summed E-state index contributed by atoms with van der Waals surface area (Å²) in [6, 6.07) is 7.35. The van der Waals surface area contributed by atoms with Gasteiger partial charge in [0.05, 0.1) is 5.71 Å². The first kappa shape index (κ1) is 15.5. The van der Waals surface area contributed by atoms with Crippen molar-refractivity contribution in [3.8, 4) is 0 Å². The lowest BCUT2D eigenvalue weighted by Gasteiger charge is -2.21. The molecular formula is C17H24N2O2. The molecule has 0 heterocycles. The van der Waals surface area contributed by atoms with Gasteiger partial charge in [0, 0.05) is 12.1 Å². The van der Waals surface area contributed by atoms with Gasteiger partial charge in [-0.15, -0.1) is 0 Å². The van der Waals surface area contributed by atoms with Crippen molar-refractivity contribution in [1.82, 2.24) is 0 Å². The molecule has 1 amide bonds. The number of rotatable bonds is 5. The highest BCUT2D eigenvalue weighted by molar-refractivity contribution is 5.99. The van der Waals surface area contributed by atoms with Gasteiger partial charge in [0.2, 0.25) is 5.91 Å². The van der Waals surface area contributed by atoms with Crippen molar-refractivity contribution in [2.75, 3.05) is 5.32 Å². The monoisotopic (exact) mass is 288 g/mol. The summed E-state index contributed by atoms with van der Waals surface area (Å²) in [7, 11) is 0. The third-order valence-electron chi connectivity index (χ3n) is 4.24. The zero-order valence-corrected chi connectivity index (χ0v) is 12.6. The molecule has 1 aromatic rings. The highest BCUT2D eigenvalue weighted by atomic mass is 16.4. The molecule has 1 fully saturated rings. The maximum Gasteiger partial charge on any atom is 0.224 e.